The highest BCUT2D eigenvalue weighted by atomic mass is 35.5. The molecule has 101 heavy (non-hydrogen) atoms. The van der Waals surface area contributed by atoms with Crippen molar-refractivity contribution in [1.29, 1.82) is 0 Å². The molecule has 12 rings (SSSR count). The summed E-state index contributed by atoms with van der Waals surface area (Å²) in [5.41, 5.74) is 8.53. The fraction of sp³-hybridized carbons (Fsp3) is 0.449. The van der Waals surface area contributed by atoms with E-state index in [0.29, 0.717) is 12.8 Å². The van der Waals surface area contributed by atoms with Gasteiger partial charge in [0, 0.05) is 59.9 Å². The summed E-state index contributed by atoms with van der Waals surface area (Å²) >= 11 is 14.2. The molecular weight excluding hydrogens is 1370 g/mol. The quantitative estimate of drug-likeness (QED) is 0.0801. The number of carboxylic acids is 1. The smallest absolute Gasteiger partial charge is 0.330 e. The van der Waals surface area contributed by atoms with Crippen LogP contribution in [0.15, 0.2) is 78.9 Å². The van der Waals surface area contributed by atoms with Crippen molar-refractivity contribution in [1.82, 2.24) is 21.3 Å². The highest BCUT2D eigenvalue weighted by molar-refractivity contribution is 6.32. The van der Waals surface area contributed by atoms with E-state index in [0.717, 1.165) is 54.6 Å². The van der Waals surface area contributed by atoms with Crippen molar-refractivity contribution in [2.45, 2.75) is 170 Å². The second-order valence-electron chi connectivity index (χ2n) is 26.6. The van der Waals surface area contributed by atoms with Crippen LogP contribution in [0.5, 0.6) is 46.0 Å². The largest absolute Gasteiger partial charge is 0.508 e. The van der Waals surface area contributed by atoms with E-state index in [2.05, 4.69) is 21.3 Å². The topological polar surface area (TPSA) is 494 Å². The number of aliphatic carboxylic acids is 1. The molecule has 542 valence electrons. The number of primary amides is 1. The van der Waals surface area contributed by atoms with E-state index < -0.39 is 238 Å². The number of nitrogens with one attached hydrogen (secondary N) is 4. The molecule has 2 fully saturated rings. The third-order valence-electron chi connectivity index (χ3n) is 18.6. The fourth-order valence-electron chi connectivity index (χ4n) is 13.2. The number of rotatable bonds is 13. The number of amides is 5. The third kappa shape index (κ3) is 16.0. The van der Waals surface area contributed by atoms with Gasteiger partial charge in [-0.15, -0.1) is 0 Å². The average molecular weight is 1450 g/mol. The Morgan fingerprint density at radius 3 is 1.96 bits per heavy atom. The van der Waals surface area contributed by atoms with Crippen LogP contribution < -0.4 is 46.9 Å². The fourth-order valence-corrected chi connectivity index (χ4v) is 13.7. The van der Waals surface area contributed by atoms with E-state index in [1.54, 1.807) is 6.92 Å². The zero-order chi connectivity index (χ0) is 73.5. The number of carbonyl (C=O) groups is 8. The number of aliphatic hydroxyl groups excluding tert-OH is 6. The molecule has 2 saturated heterocycles. The van der Waals surface area contributed by atoms with Gasteiger partial charge in [-0.25, -0.2) is 4.79 Å². The SMILES string of the molecule is CC[C@H](CC(C)C)C(=O)NC1C(=O)C[C@@H](CC(N)=O)C(=O)N[C@H]2C(=O)C[C@H]3C(=O)NC(C(=O)N[C@@H](C(=O)O)c4cc(O)cc(O)c4-c4cc3ccc4O)[C@H](O)c3ccc(c(Cl)c3)Oc3cc2cc(c3O[C@@H]2OC(CO)[C@@H](O)[C@H](O)C2O[C@H]2CC(C)(N)[C@H](O)[C@@H](C)O2)Oc2ccc(cc2Cl)C1O. The van der Waals surface area contributed by atoms with Crippen molar-refractivity contribution >= 4 is 70.3 Å². The summed E-state index contributed by atoms with van der Waals surface area (Å²) in [6.45, 7) is 7.55. The minimum Gasteiger partial charge on any atom is -0.508 e. The number of carbonyl (C=O) groups excluding carboxylic acids is 7. The number of ether oxygens (including phenoxy) is 6. The van der Waals surface area contributed by atoms with Crippen LogP contribution in [0.1, 0.15) is 131 Å². The predicted molar refractivity (Wildman–Crippen MR) is 353 cm³/mol. The molecule has 0 spiro atoms. The van der Waals surface area contributed by atoms with Crippen molar-refractivity contribution in [3.05, 3.63) is 117 Å². The van der Waals surface area contributed by atoms with E-state index in [1.165, 1.54) is 38.1 Å². The van der Waals surface area contributed by atoms with Gasteiger partial charge in [-0.05, 0) is 109 Å². The molecule has 0 saturated carbocycles. The number of benzene rings is 5. The van der Waals surface area contributed by atoms with Gasteiger partial charge < -0.3 is 112 Å². The Kier molecular flexibility index (Phi) is 22.6. The van der Waals surface area contributed by atoms with Gasteiger partial charge in [0.15, 0.2) is 41.5 Å². The Morgan fingerprint density at radius 2 is 1.38 bits per heavy atom. The number of nitrogens with two attached hydrogens (primary N) is 2. The zero-order valence-electron chi connectivity index (χ0n) is 54.9. The number of phenols is 3. The van der Waals surface area contributed by atoms with Crippen LogP contribution in [0, 0.1) is 17.8 Å². The number of aliphatic hydroxyl groups is 6. The van der Waals surface area contributed by atoms with Crippen LogP contribution in [-0.4, -0.2) is 172 Å². The predicted octanol–water partition coefficient (Wildman–Crippen LogP) is 3.52. The molecule has 7 aliphatic rings. The van der Waals surface area contributed by atoms with Crippen LogP contribution in [0.2, 0.25) is 10.0 Å². The molecule has 5 aromatic rings. The first kappa shape index (κ1) is 74.9. The van der Waals surface area contributed by atoms with Gasteiger partial charge in [-0.2, -0.15) is 0 Å². The van der Waals surface area contributed by atoms with Crippen LogP contribution in [0.4, 0.5) is 0 Å². The van der Waals surface area contributed by atoms with Crippen LogP contribution >= 0.6 is 23.2 Å². The number of fused-ring (bicyclic) bond motifs is 15. The lowest BCUT2D eigenvalue weighted by molar-refractivity contribution is -0.333. The minimum absolute atomic E-state index is 0.0143. The molecule has 5 aromatic carbocycles. The molecule has 0 radical (unpaired) electrons. The van der Waals surface area contributed by atoms with E-state index >= 15 is 14.4 Å². The molecule has 5 amide bonds. The molecule has 7 heterocycles. The first-order valence-electron chi connectivity index (χ1n) is 32.4. The van der Waals surface area contributed by atoms with Gasteiger partial charge >= 0.3 is 5.97 Å². The zero-order valence-corrected chi connectivity index (χ0v) is 56.5. The summed E-state index contributed by atoms with van der Waals surface area (Å²) in [6, 6.07) is 5.66. The Balaban J connectivity index is 1.24. The third-order valence-corrected chi connectivity index (χ3v) is 19.2. The number of Topliss-reactive ketones (excluding diaryl/α,β-unsaturated/α-hetero) is 2. The summed E-state index contributed by atoms with van der Waals surface area (Å²) in [5.74, 6) is -18.9. The monoisotopic (exact) mass is 1440 g/mol. The van der Waals surface area contributed by atoms with Crippen molar-refractivity contribution in [3.8, 4) is 57.1 Å². The Hall–Kier alpha value is -8.76. The molecule has 30 nitrogen and oxygen atoms in total. The number of carboxylic acid groups (broad SMARTS) is 1. The number of aromatic hydroxyl groups is 3. The lowest BCUT2D eigenvalue weighted by Crippen LogP contribution is -2.64. The highest BCUT2D eigenvalue weighted by Gasteiger charge is 2.51. The van der Waals surface area contributed by atoms with E-state index in [1.807, 2.05) is 13.8 Å². The summed E-state index contributed by atoms with van der Waals surface area (Å²) in [5, 5.41) is 123. The average Bonchev–Trinajstić information content (AvgIpc) is 0.775. The number of hydrogen-bond donors (Lipinski definition) is 16. The van der Waals surface area contributed by atoms with Gasteiger partial charge in [-0.3, -0.25) is 33.6 Å². The van der Waals surface area contributed by atoms with Gasteiger partial charge in [-0.1, -0.05) is 62.2 Å². The summed E-state index contributed by atoms with van der Waals surface area (Å²) in [4.78, 5) is 117. The lowest BCUT2D eigenvalue weighted by Gasteiger charge is -2.47. The maximum Gasteiger partial charge on any atom is 0.330 e. The van der Waals surface area contributed by atoms with Gasteiger partial charge in [0.1, 0.15) is 77.4 Å². The molecular formula is C69H78Cl2N6O24. The normalized spacial score (nSPS) is 29.6. The molecule has 18 N–H and O–H groups in total. The number of hydrogen-bond acceptors (Lipinski definition) is 24. The van der Waals surface area contributed by atoms with Gasteiger partial charge in [0.2, 0.25) is 41.6 Å². The van der Waals surface area contributed by atoms with Gasteiger partial charge in [0.05, 0.1) is 40.7 Å². The highest BCUT2D eigenvalue weighted by Crippen LogP contribution is 2.50. The maximum absolute atomic E-state index is 16.2. The Labute approximate surface area is 586 Å². The van der Waals surface area contributed by atoms with Crippen molar-refractivity contribution in [2.75, 3.05) is 6.61 Å². The second-order valence-corrected chi connectivity index (χ2v) is 27.4. The molecule has 0 aliphatic carbocycles. The van der Waals surface area contributed by atoms with E-state index in [4.69, 9.17) is 63.1 Å². The molecule has 7 aliphatic heterocycles. The van der Waals surface area contributed by atoms with Crippen molar-refractivity contribution < 1.29 is 118 Å². The minimum atomic E-state index is -2.24. The van der Waals surface area contributed by atoms with Crippen molar-refractivity contribution in [2.24, 2.45) is 29.2 Å². The summed E-state index contributed by atoms with van der Waals surface area (Å²) < 4.78 is 38.5. The van der Waals surface area contributed by atoms with Crippen molar-refractivity contribution in [3.63, 3.8) is 0 Å². The standard InChI is InChI=1S/C69H78Cl2N6O24/c1-6-28(13-26(2)3)63(90)76-54-42(82)17-33(20-49(72)84)64(91)74-52-32-18-46(97-44-11-8-30(56(54)85)15-38(44)70)60(101-68-61(59(88)58(87)48(25-78)99-68)100-50-24-69(5,73)62(89)27(4)96-50)47(19-32)98-45-12-9-31(16-39(45)71)57(86)55-66(93)75-53(67(94)95)37-21-34(79)22-41(81)51(37)36-14-29(7-10-40(36)80)35(23-43(52)83)65(92)77-55/h7-12,14-16,18-19,21-22,26-28,33,35,48,50,52-59,61-62,68,78-81,85-89H,6,13,17,20,23-25,73H2,1-5H3,(H2,72,84)(H,74,91)(H,75,93)(H,76,90)(H,77,92)(H,94,95)/t27-,28-,33+,35-,48?,50+,52-,53-,54?,55?,56?,57-,58-,59+,61?,62-,68+,69?/m1/s1. The molecule has 32 heteroatoms. The molecule has 0 aromatic heterocycles. The number of halogens is 2. The van der Waals surface area contributed by atoms with Crippen LogP contribution in [0.25, 0.3) is 11.1 Å². The second kappa shape index (κ2) is 30.4. The van der Waals surface area contributed by atoms with Crippen LogP contribution in [-0.2, 0) is 52.6 Å². The van der Waals surface area contributed by atoms with Crippen LogP contribution in [0.3, 0.4) is 0 Å². The lowest BCUT2D eigenvalue weighted by atomic mass is 9.84. The Bertz CT molecular complexity index is 4060. The van der Waals surface area contributed by atoms with E-state index in [-0.39, 0.29) is 51.1 Å². The van der Waals surface area contributed by atoms with Gasteiger partial charge in [0.25, 0.3) is 0 Å². The first-order valence-corrected chi connectivity index (χ1v) is 33.2. The summed E-state index contributed by atoms with van der Waals surface area (Å²) in [6.07, 6.45) is -19.8. The summed E-state index contributed by atoms with van der Waals surface area (Å²) in [7, 11) is 0. The Morgan fingerprint density at radius 1 is 0.743 bits per heavy atom. The number of ketones is 2. The van der Waals surface area contributed by atoms with E-state index in [9.17, 15) is 75.0 Å². The molecule has 11 bridgehead atoms. The molecule has 6 unspecified atom stereocenters. The first-order chi connectivity index (χ1) is 47.7. The maximum atomic E-state index is 16.2. The molecule has 18 atom stereocenters. The number of phenolic OH excluding ortho intramolecular Hbond substituents is 3.